The van der Waals surface area contributed by atoms with Crippen LogP contribution in [-0.2, 0) is 11.0 Å². The van der Waals surface area contributed by atoms with Gasteiger partial charge in [-0.1, -0.05) is 6.07 Å². The van der Waals surface area contributed by atoms with Gasteiger partial charge in [0.1, 0.15) is 11.5 Å². The average Bonchev–Trinajstić information content (AvgIpc) is 3.56. The molecule has 2 aliphatic rings. The number of ketones is 1. The largest absolute Gasteiger partial charge is 0.416 e. The zero-order chi connectivity index (χ0) is 25.6. The monoisotopic (exact) mass is 510 g/mol. The number of nitro groups is 1. The molecule has 0 bridgehead atoms. The van der Waals surface area contributed by atoms with Gasteiger partial charge >= 0.3 is 6.18 Å². The molecule has 7 nitrogen and oxygen atoms in total. The highest BCUT2D eigenvalue weighted by molar-refractivity contribution is 7.10. The Kier molecular flexibility index (Phi) is 5.76. The van der Waals surface area contributed by atoms with Gasteiger partial charge in [-0.3, -0.25) is 19.8 Å². The number of rotatable bonds is 4. The second-order valence-electron chi connectivity index (χ2n) is 8.32. The van der Waals surface area contributed by atoms with Crippen LogP contribution >= 0.6 is 11.3 Å². The van der Waals surface area contributed by atoms with Crippen LogP contribution in [0.4, 0.5) is 24.5 Å². The van der Waals surface area contributed by atoms with Gasteiger partial charge in [0.05, 0.1) is 28.0 Å². The number of halogens is 3. The van der Waals surface area contributed by atoms with E-state index >= 15 is 0 Å². The number of carbonyl (C=O) groups is 1. The average molecular weight is 510 g/mol. The number of nitrogens with zero attached hydrogens (tertiary/aromatic N) is 4. The predicted octanol–water partition coefficient (Wildman–Crippen LogP) is 6.48. The van der Waals surface area contributed by atoms with Crippen molar-refractivity contribution < 1.29 is 22.9 Å². The lowest BCUT2D eigenvalue weighted by Gasteiger charge is -2.40. The first-order valence-electron chi connectivity index (χ1n) is 11.0. The normalized spacial score (nSPS) is 18.3. The number of nitro benzene ring substituents is 1. The molecule has 0 radical (unpaired) electrons. The Morgan fingerprint density at radius 2 is 1.89 bits per heavy atom. The van der Waals surface area contributed by atoms with Gasteiger partial charge in [-0.05, 0) is 48.6 Å². The fraction of sp³-hybridized carbons (Fsp3) is 0.200. The van der Waals surface area contributed by atoms with E-state index in [1.54, 1.807) is 29.1 Å². The highest BCUT2D eigenvalue weighted by Gasteiger charge is 2.44. The van der Waals surface area contributed by atoms with Crippen LogP contribution < -0.4 is 4.90 Å². The van der Waals surface area contributed by atoms with Gasteiger partial charge < -0.3 is 4.57 Å². The quantitative estimate of drug-likeness (QED) is 0.296. The van der Waals surface area contributed by atoms with Crippen LogP contribution in [0.5, 0.6) is 0 Å². The number of Topliss-reactive ketones (excluding diaryl/α,β-unsaturated/α-hetero) is 1. The third-order valence-electron chi connectivity index (χ3n) is 6.27. The summed E-state index contributed by atoms with van der Waals surface area (Å²) in [5.41, 5.74) is -1.09. The van der Waals surface area contributed by atoms with Gasteiger partial charge in [-0.25, -0.2) is 0 Å². The molecule has 36 heavy (non-hydrogen) atoms. The lowest BCUT2D eigenvalue weighted by atomic mass is 9.78. The summed E-state index contributed by atoms with van der Waals surface area (Å²) in [5.74, 6) is -0.620. The molecule has 0 amide bonds. The standard InChI is InChI=1S/C25H17F3N4O3S/c26-25(27,28)15-8-9-17(19(13-15)32(34)35)31-18-5-3-6-20(33)23(18)22(21-7-4-12-36-21)16(14-29)24(31)30-10-1-2-11-30/h1-2,4,7-13,22H,3,5-6H2/t22-/m1/s1. The van der Waals surface area contributed by atoms with Crippen LogP contribution in [0.15, 0.2) is 77.1 Å². The number of alkyl halides is 3. The summed E-state index contributed by atoms with van der Waals surface area (Å²) in [6.07, 6.45) is -0.390. The Morgan fingerprint density at radius 1 is 1.14 bits per heavy atom. The van der Waals surface area contributed by atoms with Crippen LogP contribution in [0.1, 0.15) is 35.6 Å². The van der Waals surface area contributed by atoms with Gasteiger partial charge in [-0.15, -0.1) is 11.3 Å². The molecule has 3 aromatic rings. The minimum absolute atomic E-state index is 0.142. The van der Waals surface area contributed by atoms with Crippen molar-refractivity contribution in [3.05, 3.63) is 97.6 Å². The van der Waals surface area contributed by atoms with Crippen molar-refractivity contribution >= 4 is 34.3 Å². The molecule has 1 aromatic carbocycles. The van der Waals surface area contributed by atoms with E-state index in [2.05, 4.69) is 6.07 Å². The lowest BCUT2D eigenvalue weighted by molar-refractivity contribution is -0.384. The SMILES string of the molecule is N#CC1=C(n2cccc2)N(c2ccc(C(F)(F)F)cc2[N+](=O)[O-])C2=C(C(=O)CCC2)[C@H]1c1cccs1. The van der Waals surface area contributed by atoms with Crippen LogP contribution in [-0.4, -0.2) is 15.3 Å². The molecule has 1 aliphatic carbocycles. The predicted molar refractivity (Wildman–Crippen MR) is 127 cm³/mol. The van der Waals surface area contributed by atoms with Crippen LogP contribution in [0, 0.1) is 21.4 Å². The summed E-state index contributed by atoms with van der Waals surface area (Å²) in [6, 6.07) is 11.6. The number of aromatic nitrogens is 1. The van der Waals surface area contributed by atoms with E-state index in [9.17, 15) is 33.3 Å². The van der Waals surface area contributed by atoms with Gasteiger partial charge in [0.25, 0.3) is 5.69 Å². The van der Waals surface area contributed by atoms with Gasteiger partial charge in [0.2, 0.25) is 0 Å². The number of hydrogen-bond acceptors (Lipinski definition) is 6. The number of nitriles is 1. The Labute approximate surface area is 207 Å². The molecule has 3 heterocycles. The fourth-order valence-corrected chi connectivity index (χ4v) is 5.65. The summed E-state index contributed by atoms with van der Waals surface area (Å²) in [7, 11) is 0. The maximum atomic E-state index is 13.4. The first kappa shape index (κ1) is 23.6. The number of carbonyl (C=O) groups excluding carboxylic acids is 1. The van der Waals surface area contributed by atoms with Crippen molar-refractivity contribution in [3.63, 3.8) is 0 Å². The molecule has 11 heteroatoms. The first-order chi connectivity index (χ1) is 17.2. The molecule has 0 saturated heterocycles. The fourth-order valence-electron chi connectivity index (χ4n) is 4.81. The first-order valence-corrected chi connectivity index (χ1v) is 11.8. The summed E-state index contributed by atoms with van der Waals surface area (Å²) < 4.78 is 41.8. The van der Waals surface area contributed by atoms with Crippen molar-refractivity contribution in [2.45, 2.75) is 31.4 Å². The van der Waals surface area contributed by atoms with E-state index in [0.717, 1.165) is 17.0 Å². The minimum Gasteiger partial charge on any atom is -0.309 e. The zero-order valence-corrected chi connectivity index (χ0v) is 19.3. The molecule has 182 valence electrons. The highest BCUT2D eigenvalue weighted by Crippen LogP contribution is 2.51. The smallest absolute Gasteiger partial charge is 0.309 e. The van der Waals surface area contributed by atoms with Crippen molar-refractivity contribution in [1.29, 1.82) is 5.26 Å². The minimum atomic E-state index is -4.78. The number of thiophene rings is 1. The second-order valence-corrected chi connectivity index (χ2v) is 9.30. The lowest BCUT2D eigenvalue weighted by Crippen LogP contribution is -2.36. The molecular formula is C25H17F3N4O3S. The second kappa shape index (κ2) is 8.80. The van der Waals surface area contributed by atoms with Gasteiger partial charge in [0, 0.05) is 41.0 Å². The van der Waals surface area contributed by atoms with Gasteiger partial charge in [0.15, 0.2) is 5.78 Å². The topological polar surface area (TPSA) is 92.2 Å². The van der Waals surface area contributed by atoms with E-state index in [1.165, 1.54) is 16.2 Å². The summed E-state index contributed by atoms with van der Waals surface area (Å²) in [6.45, 7) is 0. The number of hydrogen-bond donors (Lipinski definition) is 0. The summed E-state index contributed by atoms with van der Waals surface area (Å²) >= 11 is 1.38. The molecule has 0 saturated carbocycles. The van der Waals surface area contributed by atoms with Crippen molar-refractivity contribution in [2.75, 3.05) is 4.90 Å². The summed E-state index contributed by atoms with van der Waals surface area (Å²) in [5, 5.41) is 24.2. The van der Waals surface area contributed by atoms with Crippen molar-refractivity contribution in [2.24, 2.45) is 0 Å². The maximum absolute atomic E-state index is 13.4. The molecule has 0 spiro atoms. The molecular weight excluding hydrogens is 493 g/mol. The maximum Gasteiger partial charge on any atom is 0.416 e. The van der Waals surface area contributed by atoms with E-state index in [1.807, 2.05) is 17.5 Å². The number of anilines is 1. The van der Waals surface area contributed by atoms with Crippen LogP contribution in [0.3, 0.4) is 0 Å². The molecule has 1 aliphatic heterocycles. The Balaban J connectivity index is 1.86. The van der Waals surface area contributed by atoms with Crippen LogP contribution in [0.25, 0.3) is 5.82 Å². The molecule has 5 rings (SSSR count). The van der Waals surface area contributed by atoms with E-state index in [4.69, 9.17) is 0 Å². The molecule has 0 fully saturated rings. The zero-order valence-electron chi connectivity index (χ0n) is 18.5. The Hall–Kier alpha value is -4.17. The van der Waals surface area contributed by atoms with Crippen molar-refractivity contribution in [3.8, 4) is 6.07 Å². The van der Waals surface area contributed by atoms with E-state index in [-0.39, 0.29) is 29.3 Å². The van der Waals surface area contributed by atoms with E-state index in [0.29, 0.717) is 30.2 Å². The molecule has 0 N–H and O–H groups in total. The highest BCUT2D eigenvalue weighted by atomic mass is 32.1. The van der Waals surface area contributed by atoms with Gasteiger partial charge in [-0.2, -0.15) is 18.4 Å². The van der Waals surface area contributed by atoms with E-state index < -0.39 is 28.3 Å². The Morgan fingerprint density at radius 3 is 2.50 bits per heavy atom. The number of allylic oxidation sites excluding steroid dienone is 3. The Bertz CT molecular complexity index is 1460. The van der Waals surface area contributed by atoms with Crippen LogP contribution in [0.2, 0.25) is 0 Å². The third kappa shape index (κ3) is 3.79. The molecule has 1 atom stereocenters. The number of benzene rings is 1. The third-order valence-corrected chi connectivity index (χ3v) is 7.20. The van der Waals surface area contributed by atoms with Crippen molar-refractivity contribution in [1.82, 2.24) is 4.57 Å². The summed E-state index contributed by atoms with van der Waals surface area (Å²) in [4.78, 5) is 26.6. The molecule has 0 unspecified atom stereocenters. The molecule has 2 aromatic heterocycles.